The van der Waals surface area contributed by atoms with Gasteiger partial charge in [-0.05, 0) is 42.5 Å². The zero-order valence-corrected chi connectivity index (χ0v) is 12.4. The van der Waals surface area contributed by atoms with Crippen LogP contribution in [0.25, 0.3) is 10.1 Å². The minimum Gasteiger partial charge on any atom is -0.391 e. The highest BCUT2D eigenvalue weighted by Gasteiger charge is 2.16. The number of thiophene rings is 1. The van der Waals surface area contributed by atoms with Crippen molar-refractivity contribution in [1.29, 1.82) is 0 Å². The van der Waals surface area contributed by atoms with Gasteiger partial charge in [-0.1, -0.05) is 13.3 Å². The Morgan fingerprint density at radius 1 is 1.50 bits per heavy atom. The molecule has 2 rings (SSSR count). The molecule has 0 bridgehead atoms. The highest BCUT2D eigenvalue weighted by atomic mass is 32.1. The van der Waals surface area contributed by atoms with E-state index in [-0.39, 0.29) is 18.3 Å². The number of benzene rings is 1. The number of amides is 1. The minimum atomic E-state index is -0.518. The van der Waals surface area contributed by atoms with Gasteiger partial charge in [0.25, 0.3) is 5.91 Å². The summed E-state index contributed by atoms with van der Waals surface area (Å²) in [4.78, 5) is 12.7. The van der Waals surface area contributed by atoms with Crippen LogP contribution >= 0.6 is 11.3 Å². The standard InChI is InChI=1S/C15H18FNO2S/c1-3-4-11(18)8-17-15(19)14-9(2)12-7-10(16)5-6-13(12)20-14/h5-7,11,18H,3-4,8H2,1-2H3,(H,17,19). The van der Waals surface area contributed by atoms with E-state index in [1.165, 1.54) is 23.5 Å². The Bertz CT molecular complexity index is 624. The summed E-state index contributed by atoms with van der Waals surface area (Å²) in [7, 11) is 0. The lowest BCUT2D eigenvalue weighted by atomic mass is 10.1. The molecule has 0 saturated heterocycles. The molecular formula is C15H18FNO2S. The molecule has 0 aliphatic rings. The zero-order chi connectivity index (χ0) is 14.7. The lowest BCUT2D eigenvalue weighted by Crippen LogP contribution is -2.31. The minimum absolute atomic E-state index is 0.209. The van der Waals surface area contributed by atoms with Crippen molar-refractivity contribution in [3.8, 4) is 0 Å². The third kappa shape index (κ3) is 3.16. The average Bonchev–Trinajstić information content (AvgIpc) is 2.74. The first-order valence-corrected chi connectivity index (χ1v) is 7.49. The zero-order valence-electron chi connectivity index (χ0n) is 11.6. The Hall–Kier alpha value is -1.46. The van der Waals surface area contributed by atoms with Crippen LogP contribution in [-0.4, -0.2) is 23.7 Å². The van der Waals surface area contributed by atoms with E-state index in [2.05, 4.69) is 5.32 Å². The fraction of sp³-hybridized carbons (Fsp3) is 0.400. The van der Waals surface area contributed by atoms with Crippen LogP contribution in [0.3, 0.4) is 0 Å². The van der Waals surface area contributed by atoms with Crippen LogP contribution in [0.4, 0.5) is 4.39 Å². The number of halogens is 1. The molecule has 1 unspecified atom stereocenters. The maximum absolute atomic E-state index is 13.2. The van der Waals surface area contributed by atoms with Crippen LogP contribution < -0.4 is 5.32 Å². The summed E-state index contributed by atoms with van der Waals surface area (Å²) in [5.74, 6) is -0.511. The van der Waals surface area contributed by atoms with E-state index >= 15 is 0 Å². The number of carbonyl (C=O) groups excluding carboxylic acids is 1. The van der Waals surface area contributed by atoms with Crippen molar-refractivity contribution in [2.45, 2.75) is 32.8 Å². The Labute approximate surface area is 121 Å². The van der Waals surface area contributed by atoms with Gasteiger partial charge in [0.15, 0.2) is 0 Å². The van der Waals surface area contributed by atoms with E-state index in [1.807, 2.05) is 13.8 Å². The molecule has 108 valence electrons. The Morgan fingerprint density at radius 3 is 2.95 bits per heavy atom. The van der Waals surface area contributed by atoms with E-state index in [4.69, 9.17) is 0 Å². The van der Waals surface area contributed by atoms with Crippen molar-refractivity contribution in [3.63, 3.8) is 0 Å². The van der Waals surface area contributed by atoms with Gasteiger partial charge in [-0.25, -0.2) is 4.39 Å². The fourth-order valence-electron chi connectivity index (χ4n) is 2.14. The fourth-order valence-corrected chi connectivity index (χ4v) is 3.24. The molecule has 20 heavy (non-hydrogen) atoms. The van der Waals surface area contributed by atoms with Crippen LogP contribution in [0.5, 0.6) is 0 Å². The third-order valence-electron chi connectivity index (χ3n) is 3.22. The topological polar surface area (TPSA) is 49.3 Å². The maximum Gasteiger partial charge on any atom is 0.261 e. The number of hydrogen-bond donors (Lipinski definition) is 2. The Balaban J connectivity index is 2.16. The smallest absolute Gasteiger partial charge is 0.261 e. The molecule has 3 nitrogen and oxygen atoms in total. The summed E-state index contributed by atoms with van der Waals surface area (Å²) in [5.41, 5.74) is 0.784. The monoisotopic (exact) mass is 295 g/mol. The molecular weight excluding hydrogens is 277 g/mol. The lowest BCUT2D eigenvalue weighted by Gasteiger charge is -2.10. The van der Waals surface area contributed by atoms with Gasteiger partial charge in [-0.2, -0.15) is 0 Å². The molecule has 1 amide bonds. The first-order chi connectivity index (χ1) is 9.52. The quantitative estimate of drug-likeness (QED) is 0.889. The van der Waals surface area contributed by atoms with Gasteiger partial charge in [-0.3, -0.25) is 4.79 Å². The summed E-state index contributed by atoms with van der Waals surface area (Å²) in [6.07, 6.45) is 1.02. The number of aliphatic hydroxyl groups is 1. The van der Waals surface area contributed by atoms with Crippen molar-refractivity contribution in [2.75, 3.05) is 6.54 Å². The van der Waals surface area contributed by atoms with Crippen LogP contribution in [0.2, 0.25) is 0 Å². The second-order valence-electron chi connectivity index (χ2n) is 4.85. The second kappa shape index (κ2) is 6.33. The van der Waals surface area contributed by atoms with Crippen molar-refractivity contribution in [2.24, 2.45) is 0 Å². The number of carbonyl (C=O) groups is 1. The van der Waals surface area contributed by atoms with E-state index in [0.29, 0.717) is 11.3 Å². The largest absolute Gasteiger partial charge is 0.391 e. The molecule has 2 N–H and O–H groups in total. The highest BCUT2D eigenvalue weighted by molar-refractivity contribution is 7.21. The number of hydrogen-bond acceptors (Lipinski definition) is 3. The van der Waals surface area contributed by atoms with Gasteiger partial charge >= 0.3 is 0 Å². The Kier molecular flexibility index (Phi) is 4.73. The normalized spacial score (nSPS) is 12.6. The second-order valence-corrected chi connectivity index (χ2v) is 5.90. The van der Waals surface area contributed by atoms with Gasteiger partial charge < -0.3 is 10.4 Å². The van der Waals surface area contributed by atoms with Gasteiger partial charge in [0.05, 0.1) is 11.0 Å². The van der Waals surface area contributed by atoms with Crippen LogP contribution in [0.1, 0.15) is 35.0 Å². The molecule has 0 aliphatic carbocycles. The predicted octanol–water partition coefficient (Wildman–Crippen LogP) is 3.24. The third-order valence-corrected chi connectivity index (χ3v) is 4.50. The number of fused-ring (bicyclic) bond motifs is 1. The summed E-state index contributed by atoms with van der Waals surface area (Å²) in [5, 5.41) is 13.1. The van der Waals surface area contributed by atoms with Crippen molar-refractivity contribution in [3.05, 3.63) is 34.5 Å². The highest BCUT2D eigenvalue weighted by Crippen LogP contribution is 2.31. The summed E-state index contributed by atoms with van der Waals surface area (Å²) < 4.78 is 14.1. The molecule has 1 atom stereocenters. The maximum atomic E-state index is 13.2. The van der Waals surface area contributed by atoms with Gasteiger partial charge in [0.1, 0.15) is 5.82 Å². The summed E-state index contributed by atoms with van der Waals surface area (Å²) >= 11 is 1.35. The van der Waals surface area contributed by atoms with Crippen molar-refractivity contribution < 1.29 is 14.3 Å². The molecule has 0 saturated carbocycles. The predicted molar refractivity (Wildman–Crippen MR) is 79.8 cm³/mol. The molecule has 5 heteroatoms. The number of rotatable bonds is 5. The summed E-state index contributed by atoms with van der Waals surface area (Å²) in [6, 6.07) is 4.53. The van der Waals surface area contributed by atoms with Crippen molar-refractivity contribution in [1.82, 2.24) is 5.32 Å². The van der Waals surface area contributed by atoms with Crippen LogP contribution in [-0.2, 0) is 0 Å². The molecule has 2 aromatic rings. The van der Waals surface area contributed by atoms with E-state index in [1.54, 1.807) is 6.07 Å². The van der Waals surface area contributed by atoms with Crippen molar-refractivity contribution >= 4 is 27.3 Å². The molecule has 0 aliphatic heterocycles. The number of nitrogens with one attached hydrogen (secondary N) is 1. The molecule has 1 aromatic heterocycles. The molecule has 0 fully saturated rings. The average molecular weight is 295 g/mol. The molecule has 0 spiro atoms. The van der Waals surface area contributed by atoms with E-state index in [0.717, 1.165) is 22.1 Å². The van der Waals surface area contributed by atoms with Crippen LogP contribution in [0.15, 0.2) is 18.2 Å². The molecule has 1 aromatic carbocycles. The van der Waals surface area contributed by atoms with Gasteiger partial charge in [0.2, 0.25) is 0 Å². The van der Waals surface area contributed by atoms with Crippen LogP contribution in [0, 0.1) is 12.7 Å². The number of aliphatic hydroxyl groups excluding tert-OH is 1. The SMILES string of the molecule is CCCC(O)CNC(=O)c1sc2ccc(F)cc2c1C. The first kappa shape index (κ1) is 14.9. The number of aryl methyl sites for hydroxylation is 1. The van der Waals surface area contributed by atoms with E-state index in [9.17, 15) is 14.3 Å². The van der Waals surface area contributed by atoms with Gasteiger partial charge in [-0.15, -0.1) is 11.3 Å². The lowest BCUT2D eigenvalue weighted by molar-refractivity contribution is 0.0913. The molecule has 0 radical (unpaired) electrons. The van der Waals surface area contributed by atoms with E-state index < -0.39 is 6.10 Å². The first-order valence-electron chi connectivity index (χ1n) is 6.67. The molecule has 1 heterocycles. The Morgan fingerprint density at radius 2 is 2.25 bits per heavy atom. The summed E-state index contributed by atoms with van der Waals surface area (Å²) in [6.45, 7) is 4.04. The van der Waals surface area contributed by atoms with Gasteiger partial charge in [0, 0.05) is 11.2 Å².